The van der Waals surface area contributed by atoms with Gasteiger partial charge < -0.3 is 19.6 Å². The van der Waals surface area contributed by atoms with Crippen LogP contribution in [0.5, 0.6) is 5.75 Å². The van der Waals surface area contributed by atoms with Crippen molar-refractivity contribution in [2.24, 2.45) is 0 Å². The maximum Gasteiger partial charge on any atom is 0.417 e. The van der Waals surface area contributed by atoms with Gasteiger partial charge in [-0.25, -0.2) is 19.4 Å². The minimum absolute atomic E-state index is 0.0127. The Labute approximate surface area is 257 Å². The van der Waals surface area contributed by atoms with Crippen molar-refractivity contribution in [1.29, 1.82) is 0 Å². The summed E-state index contributed by atoms with van der Waals surface area (Å²) >= 11 is 0. The number of fused-ring (bicyclic) bond motifs is 1. The molecule has 2 heterocycles. The number of H-pyrrole nitrogens is 1. The average Bonchev–Trinajstić information content (AvgIpc) is 3.50. The zero-order valence-corrected chi connectivity index (χ0v) is 24.0. The van der Waals surface area contributed by atoms with E-state index in [2.05, 4.69) is 15.3 Å². The summed E-state index contributed by atoms with van der Waals surface area (Å²) < 4.78 is 10.6. The molecular formula is C35H26N4O6. The quantitative estimate of drug-likeness (QED) is 0.153. The summed E-state index contributed by atoms with van der Waals surface area (Å²) in [7, 11) is 0. The Hall–Kier alpha value is -6.29. The second-order valence-corrected chi connectivity index (χ2v) is 9.94. The summed E-state index contributed by atoms with van der Waals surface area (Å²) in [5.74, 6) is -1.03. The molecule has 2 aromatic heterocycles. The van der Waals surface area contributed by atoms with Gasteiger partial charge in [-0.1, -0.05) is 54.6 Å². The number of aromatic carboxylic acids is 1. The number of rotatable bonds is 8. The highest BCUT2D eigenvalue weighted by molar-refractivity contribution is 6.01. The van der Waals surface area contributed by atoms with E-state index in [4.69, 9.17) is 14.5 Å². The van der Waals surface area contributed by atoms with Crippen LogP contribution in [0.3, 0.4) is 0 Å². The van der Waals surface area contributed by atoms with Gasteiger partial charge in [0.25, 0.3) is 0 Å². The van der Waals surface area contributed by atoms with E-state index < -0.39 is 18.0 Å². The van der Waals surface area contributed by atoms with Crippen LogP contribution in [0.2, 0.25) is 0 Å². The van der Waals surface area contributed by atoms with Crippen molar-refractivity contribution < 1.29 is 29.0 Å². The van der Waals surface area contributed by atoms with E-state index in [-0.39, 0.29) is 29.2 Å². The highest BCUT2D eigenvalue weighted by Crippen LogP contribution is 2.37. The van der Waals surface area contributed by atoms with E-state index in [0.717, 1.165) is 33.2 Å². The Morgan fingerprint density at radius 3 is 2.38 bits per heavy atom. The molecule has 6 rings (SSSR count). The molecule has 0 aliphatic rings. The molecule has 0 aliphatic carbocycles. The maximum atomic E-state index is 12.9. The highest BCUT2D eigenvalue weighted by Gasteiger charge is 2.19. The third-order valence-corrected chi connectivity index (χ3v) is 6.98. The van der Waals surface area contributed by atoms with Crippen molar-refractivity contribution in [3.05, 3.63) is 121 Å². The van der Waals surface area contributed by atoms with E-state index in [1.54, 1.807) is 31.5 Å². The predicted octanol–water partition coefficient (Wildman–Crippen LogP) is 7.44. The molecule has 6 aromatic rings. The van der Waals surface area contributed by atoms with Crippen LogP contribution in [0.25, 0.3) is 44.7 Å². The molecule has 3 N–H and O–H groups in total. The van der Waals surface area contributed by atoms with Crippen LogP contribution in [-0.2, 0) is 4.74 Å². The minimum atomic E-state index is -1.26. The second kappa shape index (κ2) is 12.5. The molecule has 10 nitrogen and oxygen atoms in total. The zero-order chi connectivity index (χ0) is 31.3. The van der Waals surface area contributed by atoms with Gasteiger partial charge in [-0.15, -0.1) is 0 Å². The second-order valence-electron chi connectivity index (χ2n) is 9.94. The van der Waals surface area contributed by atoms with Crippen LogP contribution >= 0.6 is 0 Å². The molecule has 0 bridgehead atoms. The third-order valence-electron chi connectivity index (χ3n) is 6.98. The Balaban J connectivity index is 1.35. The van der Waals surface area contributed by atoms with Crippen molar-refractivity contribution in [2.75, 3.05) is 11.9 Å². The first-order chi connectivity index (χ1) is 21.9. The maximum absolute atomic E-state index is 12.9. The number of carbonyl (C=O) groups excluding carboxylic acids is 2. The van der Waals surface area contributed by atoms with E-state index in [0.29, 0.717) is 11.5 Å². The lowest BCUT2D eigenvalue weighted by Gasteiger charge is -2.11. The van der Waals surface area contributed by atoms with Crippen LogP contribution in [-0.4, -0.2) is 44.7 Å². The summed E-state index contributed by atoms with van der Waals surface area (Å²) in [4.78, 5) is 49.4. The van der Waals surface area contributed by atoms with Crippen molar-refractivity contribution >= 4 is 34.5 Å². The number of carbonyl (C=O) groups is 3. The van der Waals surface area contributed by atoms with Crippen LogP contribution in [0.4, 0.5) is 10.5 Å². The number of esters is 1. The van der Waals surface area contributed by atoms with Crippen LogP contribution in [0, 0.1) is 0 Å². The number of aromatic nitrogens is 3. The van der Waals surface area contributed by atoms with E-state index in [1.165, 1.54) is 18.2 Å². The van der Waals surface area contributed by atoms with Gasteiger partial charge >= 0.3 is 18.0 Å². The van der Waals surface area contributed by atoms with Gasteiger partial charge in [-0.05, 0) is 60.2 Å². The largest absolute Gasteiger partial charge is 0.478 e. The number of anilines is 1. The Bertz CT molecular complexity index is 2040. The SMILES string of the molecule is CCOC(=O)c1cc(NC(=O)Oc2ccc3cccc(-c4nc(-c5ccccc5)[nH]c4-c4ccncc4)c3c2)cc(C(=O)O)c1. The molecule has 1 amide bonds. The lowest BCUT2D eigenvalue weighted by Crippen LogP contribution is -2.18. The number of hydrogen-bond acceptors (Lipinski definition) is 7. The molecule has 10 heteroatoms. The number of nitrogens with one attached hydrogen (secondary N) is 2. The summed E-state index contributed by atoms with van der Waals surface area (Å²) in [6.45, 7) is 1.75. The van der Waals surface area contributed by atoms with Gasteiger partial charge in [0.2, 0.25) is 0 Å². The number of amides is 1. The van der Waals surface area contributed by atoms with Crippen LogP contribution in [0.15, 0.2) is 109 Å². The number of imidazole rings is 1. The molecule has 0 spiro atoms. The number of ether oxygens (including phenoxy) is 2. The lowest BCUT2D eigenvalue weighted by molar-refractivity contribution is 0.0526. The Morgan fingerprint density at radius 2 is 1.62 bits per heavy atom. The third kappa shape index (κ3) is 6.25. The van der Waals surface area contributed by atoms with Crippen molar-refractivity contribution in [1.82, 2.24) is 15.0 Å². The fraction of sp³-hybridized carbons (Fsp3) is 0.0571. The molecule has 222 valence electrons. The van der Waals surface area contributed by atoms with Gasteiger partial charge in [-0.3, -0.25) is 10.3 Å². The van der Waals surface area contributed by atoms with Crippen molar-refractivity contribution in [3.8, 4) is 39.7 Å². The molecule has 45 heavy (non-hydrogen) atoms. The van der Waals surface area contributed by atoms with Crippen molar-refractivity contribution in [3.63, 3.8) is 0 Å². The van der Waals surface area contributed by atoms with Crippen LogP contribution in [0.1, 0.15) is 27.6 Å². The van der Waals surface area contributed by atoms with Gasteiger partial charge in [0, 0.05) is 34.8 Å². The number of aromatic amines is 1. The number of nitrogens with zero attached hydrogens (tertiary/aromatic N) is 2. The van der Waals surface area contributed by atoms with Crippen molar-refractivity contribution in [2.45, 2.75) is 6.92 Å². The average molecular weight is 599 g/mol. The van der Waals surface area contributed by atoms with E-state index >= 15 is 0 Å². The molecule has 0 atom stereocenters. The smallest absolute Gasteiger partial charge is 0.417 e. The van der Waals surface area contributed by atoms with E-state index in [9.17, 15) is 19.5 Å². The fourth-order valence-corrected chi connectivity index (χ4v) is 4.96. The fourth-order valence-electron chi connectivity index (χ4n) is 4.96. The number of carboxylic acids is 1. The molecule has 0 radical (unpaired) electrons. The van der Waals surface area contributed by atoms with Crippen LogP contribution < -0.4 is 10.1 Å². The number of carboxylic acid groups (broad SMARTS) is 1. The molecule has 0 aliphatic heterocycles. The monoisotopic (exact) mass is 598 g/mol. The summed E-state index contributed by atoms with van der Waals surface area (Å²) in [6, 6.07) is 28.4. The van der Waals surface area contributed by atoms with Gasteiger partial charge in [0.1, 0.15) is 11.6 Å². The Morgan fingerprint density at radius 1 is 0.844 bits per heavy atom. The first-order valence-electron chi connectivity index (χ1n) is 14.0. The first-order valence-corrected chi connectivity index (χ1v) is 14.0. The first kappa shape index (κ1) is 28.8. The summed E-state index contributed by atoms with van der Waals surface area (Å²) in [5, 5.41) is 13.7. The topological polar surface area (TPSA) is 144 Å². The number of hydrogen-bond donors (Lipinski definition) is 3. The summed E-state index contributed by atoms with van der Waals surface area (Å²) in [5.41, 5.74) is 4.04. The summed E-state index contributed by atoms with van der Waals surface area (Å²) in [6.07, 6.45) is 2.57. The lowest BCUT2D eigenvalue weighted by atomic mass is 9.99. The van der Waals surface area contributed by atoms with Gasteiger partial charge in [-0.2, -0.15) is 0 Å². The highest BCUT2D eigenvalue weighted by atomic mass is 16.6. The normalized spacial score (nSPS) is 10.8. The predicted molar refractivity (Wildman–Crippen MR) is 169 cm³/mol. The standard InChI is InChI=1S/C35H26N4O6/c1-2-44-34(42)25-17-24(33(40)41)18-26(19-25)37-35(43)45-27-12-11-21-9-6-10-28(29(21)20-27)31-30(22-13-15-36-16-14-22)38-32(39-31)23-7-4-3-5-8-23/h3-20H,2H2,1H3,(H,37,43)(H,38,39)(H,40,41). The molecule has 4 aromatic carbocycles. The van der Waals surface area contributed by atoms with E-state index in [1.807, 2.05) is 66.7 Å². The molecular weight excluding hydrogens is 572 g/mol. The zero-order valence-electron chi connectivity index (χ0n) is 24.0. The molecule has 0 saturated carbocycles. The molecule has 0 unspecified atom stereocenters. The number of pyridine rings is 1. The molecule has 0 fully saturated rings. The minimum Gasteiger partial charge on any atom is -0.478 e. The number of benzene rings is 4. The molecule has 0 saturated heterocycles. The van der Waals surface area contributed by atoms with Gasteiger partial charge in [0.15, 0.2) is 0 Å². The Kier molecular flexibility index (Phi) is 8.02. The van der Waals surface area contributed by atoms with Gasteiger partial charge in [0.05, 0.1) is 29.1 Å².